The van der Waals surface area contributed by atoms with Gasteiger partial charge in [-0.25, -0.2) is 0 Å². The molecule has 0 aromatic rings. The first kappa shape index (κ1) is 19.3. The number of hydrogen-bond acceptors (Lipinski definition) is 1. The van der Waals surface area contributed by atoms with Crippen LogP contribution in [0.5, 0.6) is 0 Å². The average Bonchev–Trinajstić information content (AvgIpc) is 2.53. The molecule has 0 aliphatic heterocycles. The Morgan fingerprint density at radius 1 is 1.44 bits per heavy atom. The van der Waals surface area contributed by atoms with E-state index in [0.717, 1.165) is 6.42 Å². The molecule has 0 bridgehead atoms. The molecule has 0 N–H and O–H groups in total. The Kier molecular flexibility index (Phi) is 9.80. The summed E-state index contributed by atoms with van der Waals surface area (Å²) in [5.41, 5.74) is 2.21. The zero-order valence-corrected chi connectivity index (χ0v) is 14.4. The van der Waals surface area contributed by atoms with Crippen molar-refractivity contribution in [1.82, 2.24) is 0 Å². The van der Waals surface area contributed by atoms with Crippen LogP contribution in [0.2, 0.25) is 18.6 Å². The van der Waals surface area contributed by atoms with E-state index in [2.05, 4.69) is 52.6 Å². The van der Waals surface area contributed by atoms with Crippen LogP contribution in [0.3, 0.4) is 0 Å². The molecule has 0 aromatic heterocycles. The Labute approximate surface area is 124 Å². The second-order valence-electron chi connectivity index (χ2n) is 4.31. The SMILES string of the molecule is CCC(C1=[C]([Ti+2])CC=C1)[Si](C)(C)OC.[Cl-].[Cl-]. The third-order valence-electron chi connectivity index (χ3n) is 3.12. The van der Waals surface area contributed by atoms with Gasteiger partial charge in [-0.3, -0.25) is 0 Å². The van der Waals surface area contributed by atoms with E-state index in [1.165, 1.54) is 10.3 Å². The van der Waals surface area contributed by atoms with Crippen molar-refractivity contribution in [3.63, 3.8) is 0 Å². The van der Waals surface area contributed by atoms with E-state index in [4.69, 9.17) is 4.43 Å². The molecule has 0 saturated heterocycles. The molecule has 91 valence electrons. The minimum Gasteiger partial charge on any atom is -1.00 e. The summed E-state index contributed by atoms with van der Waals surface area (Å²) in [4.78, 5) is 0. The molecule has 1 rings (SSSR count). The Morgan fingerprint density at radius 3 is 2.31 bits per heavy atom. The summed E-state index contributed by atoms with van der Waals surface area (Å²) < 4.78 is 7.26. The topological polar surface area (TPSA) is 9.23 Å². The third-order valence-corrected chi connectivity index (χ3v) is 7.34. The maximum Gasteiger partial charge on any atom is -1.00 e. The first-order chi connectivity index (χ1) is 6.53. The monoisotopic (exact) mass is 313 g/mol. The fourth-order valence-corrected chi connectivity index (χ4v) is 5.18. The van der Waals surface area contributed by atoms with Crippen molar-refractivity contribution in [2.75, 3.05) is 7.11 Å². The smallest absolute Gasteiger partial charge is 1.00 e. The first-order valence-corrected chi connectivity index (χ1v) is 8.96. The molecule has 5 heteroatoms. The fraction of sp³-hybridized carbons (Fsp3) is 0.636. The molecule has 0 heterocycles. The van der Waals surface area contributed by atoms with E-state index in [9.17, 15) is 0 Å². The molecule has 16 heavy (non-hydrogen) atoms. The second-order valence-corrected chi connectivity index (χ2v) is 9.56. The van der Waals surface area contributed by atoms with Crippen molar-refractivity contribution in [3.8, 4) is 0 Å². The molecule has 1 unspecified atom stereocenters. The van der Waals surface area contributed by atoms with Gasteiger partial charge in [-0.05, 0) is 0 Å². The number of hydrogen-bond donors (Lipinski definition) is 0. The Hall–Kier alpha value is 0.951. The van der Waals surface area contributed by atoms with E-state index in [0.29, 0.717) is 5.54 Å². The molecule has 1 aliphatic carbocycles. The Bertz CT molecular complexity index is 277. The molecule has 0 spiro atoms. The normalized spacial score (nSPS) is 16.9. The van der Waals surface area contributed by atoms with Crippen LogP contribution in [0.25, 0.3) is 0 Å². The van der Waals surface area contributed by atoms with Gasteiger partial charge in [0.15, 0.2) is 0 Å². The first-order valence-electron chi connectivity index (χ1n) is 5.19. The molecular weight excluding hydrogens is 295 g/mol. The van der Waals surface area contributed by atoms with Crippen molar-refractivity contribution in [3.05, 3.63) is 21.6 Å². The van der Waals surface area contributed by atoms with Crippen molar-refractivity contribution in [2.24, 2.45) is 0 Å². The van der Waals surface area contributed by atoms with Crippen LogP contribution in [0.15, 0.2) is 21.6 Å². The van der Waals surface area contributed by atoms with Gasteiger partial charge in [0.05, 0.1) is 0 Å². The average molecular weight is 314 g/mol. The van der Waals surface area contributed by atoms with Gasteiger partial charge < -0.3 is 24.8 Å². The van der Waals surface area contributed by atoms with Gasteiger partial charge >= 0.3 is 100 Å². The molecule has 0 aromatic carbocycles. The standard InChI is InChI=1S/C11H19OSi.2ClH.Ti/c1-5-11(13(3,4)12-2)10-8-6-7-9-10;;;/h6,8,11H,5,7H2,1-4H3;2*1H;/q;;;+2/p-2. The molecule has 0 amide bonds. The van der Waals surface area contributed by atoms with Gasteiger partial charge in [0.1, 0.15) is 0 Å². The molecule has 1 atom stereocenters. The third kappa shape index (κ3) is 4.32. The Balaban J connectivity index is 0. The van der Waals surface area contributed by atoms with Crippen LogP contribution in [0.1, 0.15) is 19.8 Å². The van der Waals surface area contributed by atoms with Crippen molar-refractivity contribution < 1.29 is 49.7 Å². The van der Waals surface area contributed by atoms with Crippen LogP contribution in [-0.2, 0) is 24.9 Å². The van der Waals surface area contributed by atoms with Gasteiger partial charge in [0, 0.05) is 0 Å². The van der Waals surface area contributed by atoms with Gasteiger partial charge in [0.2, 0.25) is 0 Å². The van der Waals surface area contributed by atoms with Crippen molar-refractivity contribution in [1.29, 1.82) is 0 Å². The molecule has 0 fully saturated rings. The molecule has 0 radical (unpaired) electrons. The molecule has 1 aliphatic rings. The fourth-order valence-electron chi connectivity index (χ4n) is 2.08. The Morgan fingerprint density at radius 2 is 2.00 bits per heavy atom. The minimum absolute atomic E-state index is 0. The van der Waals surface area contributed by atoms with Gasteiger partial charge in [-0.2, -0.15) is 0 Å². The van der Waals surface area contributed by atoms with Gasteiger partial charge in [-0.15, -0.1) is 0 Å². The summed E-state index contributed by atoms with van der Waals surface area (Å²) in [6.45, 7) is 6.89. The predicted octanol–water partition coefficient (Wildman–Crippen LogP) is -2.61. The number of rotatable bonds is 4. The zero-order valence-electron chi connectivity index (χ0n) is 10.3. The summed E-state index contributed by atoms with van der Waals surface area (Å²) in [5.74, 6) is 0. The number of halogens is 2. The summed E-state index contributed by atoms with van der Waals surface area (Å²) >= 11 is 2.25. The maximum absolute atomic E-state index is 5.72. The summed E-state index contributed by atoms with van der Waals surface area (Å²) in [5, 5.41) is 0. The zero-order chi connectivity index (χ0) is 10.8. The van der Waals surface area contributed by atoms with E-state index in [1.54, 1.807) is 5.57 Å². The van der Waals surface area contributed by atoms with Crippen LogP contribution in [0, 0.1) is 0 Å². The number of allylic oxidation sites excluding steroid dienone is 4. The van der Waals surface area contributed by atoms with Gasteiger partial charge in [-0.1, -0.05) is 0 Å². The van der Waals surface area contributed by atoms with E-state index >= 15 is 0 Å². The molecule has 0 saturated carbocycles. The van der Waals surface area contributed by atoms with Crippen molar-refractivity contribution in [2.45, 2.75) is 38.4 Å². The molecule has 1 nitrogen and oxygen atoms in total. The quantitative estimate of drug-likeness (QED) is 0.517. The summed E-state index contributed by atoms with van der Waals surface area (Å²) in [6.07, 6.45) is 6.91. The summed E-state index contributed by atoms with van der Waals surface area (Å²) in [7, 11) is 0.342. The van der Waals surface area contributed by atoms with E-state index in [1.807, 2.05) is 7.11 Å². The van der Waals surface area contributed by atoms with Crippen LogP contribution >= 0.6 is 0 Å². The summed E-state index contributed by atoms with van der Waals surface area (Å²) in [6, 6.07) is 0. The minimum atomic E-state index is -1.52. The van der Waals surface area contributed by atoms with E-state index < -0.39 is 8.32 Å². The van der Waals surface area contributed by atoms with Crippen LogP contribution in [-0.4, -0.2) is 15.4 Å². The predicted molar refractivity (Wildman–Crippen MR) is 59.3 cm³/mol. The van der Waals surface area contributed by atoms with Crippen LogP contribution in [0.4, 0.5) is 0 Å². The molecular formula is C11H19Cl2OSiTi. The van der Waals surface area contributed by atoms with Gasteiger partial charge in [0.25, 0.3) is 0 Å². The maximum atomic E-state index is 5.72. The van der Waals surface area contributed by atoms with Crippen molar-refractivity contribution >= 4 is 8.32 Å². The van der Waals surface area contributed by atoms with Crippen LogP contribution < -0.4 is 24.8 Å². The second kappa shape index (κ2) is 8.12. The van der Waals surface area contributed by atoms with E-state index in [-0.39, 0.29) is 24.8 Å². The largest absolute Gasteiger partial charge is 1.00 e.